The molecule has 3 rings (SSSR count). The van der Waals surface area contributed by atoms with E-state index in [0.29, 0.717) is 5.56 Å². The fourth-order valence-electron chi connectivity index (χ4n) is 2.56. The quantitative estimate of drug-likeness (QED) is 0.481. The molecule has 130 valence electrons. The van der Waals surface area contributed by atoms with E-state index >= 15 is 0 Å². The molecule has 0 atom stereocenters. The number of hydrogen-bond acceptors (Lipinski definition) is 3. The average molecular weight is 342 g/mol. The molecule has 26 heavy (non-hydrogen) atoms. The van der Waals surface area contributed by atoms with Crippen LogP contribution in [0.1, 0.15) is 15.9 Å². The number of rotatable bonds is 6. The van der Waals surface area contributed by atoms with Gasteiger partial charge in [-0.15, -0.1) is 0 Å². The standard InChI is InChI=1S/C23H22N2O/c1-25(2)22-15-8-18(9-16-22)10-17-23(26)19-11-13-21(14-12-19)24-20-6-4-3-5-7-20/h3-17,24H,1-2H3. The van der Waals surface area contributed by atoms with Gasteiger partial charge >= 0.3 is 0 Å². The molecule has 0 aliphatic carbocycles. The smallest absolute Gasteiger partial charge is 0.185 e. The van der Waals surface area contributed by atoms with E-state index in [0.717, 1.165) is 22.6 Å². The molecule has 0 unspecified atom stereocenters. The van der Waals surface area contributed by atoms with Crippen molar-refractivity contribution in [2.45, 2.75) is 0 Å². The molecule has 0 heterocycles. The van der Waals surface area contributed by atoms with Crippen LogP contribution in [-0.2, 0) is 0 Å². The number of benzene rings is 3. The fourth-order valence-corrected chi connectivity index (χ4v) is 2.56. The van der Waals surface area contributed by atoms with Crippen LogP contribution in [0.4, 0.5) is 17.1 Å². The van der Waals surface area contributed by atoms with Crippen LogP contribution in [0.2, 0.25) is 0 Å². The van der Waals surface area contributed by atoms with Gasteiger partial charge in [0.05, 0.1) is 0 Å². The summed E-state index contributed by atoms with van der Waals surface area (Å²) in [6, 6.07) is 25.5. The van der Waals surface area contributed by atoms with Gasteiger partial charge in [-0.05, 0) is 60.2 Å². The summed E-state index contributed by atoms with van der Waals surface area (Å²) in [7, 11) is 4.01. The minimum atomic E-state index is -0.00653. The average Bonchev–Trinajstić information content (AvgIpc) is 2.68. The van der Waals surface area contributed by atoms with E-state index in [1.165, 1.54) is 0 Å². The van der Waals surface area contributed by atoms with Crippen LogP contribution >= 0.6 is 0 Å². The van der Waals surface area contributed by atoms with Crippen LogP contribution in [0.15, 0.2) is 84.9 Å². The van der Waals surface area contributed by atoms with E-state index in [2.05, 4.69) is 5.32 Å². The van der Waals surface area contributed by atoms with Gasteiger partial charge in [-0.2, -0.15) is 0 Å². The summed E-state index contributed by atoms with van der Waals surface area (Å²) < 4.78 is 0. The number of carbonyl (C=O) groups is 1. The van der Waals surface area contributed by atoms with Crippen molar-refractivity contribution >= 4 is 28.9 Å². The van der Waals surface area contributed by atoms with Crippen LogP contribution in [-0.4, -0.2) is 19.9 Å². The maximum absolute atomic E-state index is 12.3. The van der Waals surface area contributed by atoms with Crippen molar-refractivity contribution in [3.8, 4) is 0 Å². The van der Waals surface area contributed by atoms with Crippen LogP contribution in [0, 0.1) is 0 Å². The summed E-state index contributed by atoms with van der Waals surface area (Å²) in [6.45, 7) is 0. The Balaban J connectivity index is 1.64. The second kappa shape index (κ2) is 8.17. The Morgan fingerprint density at radius 3 is 2.04 bits per heavy atom. The Hall–Kier alpha value is -3.33. The predicted molar refractivity (Wildman–Crippen MR) is 110 cm³/mol. The van der Waals surface area contributed by atoms with Crippen molar-refractivity contribution in [2.75, 3.05) is 24.3 Å². The monoisotopic (exact) mass is 342 g/mol. The summed E-state index contributed by atoms with van der Waals surface area (Å²) in [6.07, 6.45) is 3.46. The first-order valence-corrected chi connectivity index (χ1v) is 8.54. The van der Waals surface area contributed by atoms with Gasteiger partial charge < -0.3 is 10.2 Å². The highest BCUT2D eigenvalue weighted by Gasteiger charge is 2.02. The van der Waals surface area contributed by atoms with Gasteiger partial charge in [0.1, 0.15) is 0 Å². The molecular formula is C23H22N2O. The lowest BCUT2D eigenvalue weighted by Gasteiger charge is -2.11. The van der Waals surface area contributed by atoms with Crippen molar-refractivity contribution in [1.29, 1.82) is 0 Å². The molecule has 0 fully saturated rings. The number of nitrogens with one attached hydrogen (secondary N) is 1. The highest BCUT2D eigenvalue weighted by Crippen LogP contribution is 2.17. The minimum absolute atomic E-state index is 0.00653. The van der Waals surface area contributed by atoms with Crippen molar-refractivity contribution in [1.82, 2.24) is 0 Å². The third-order valence-corrected chi connectivity index (χ3v) is 4.07. The van der Waals surface area contributed by atoms with Crippen molar-refractivity contribution in [2.24, 2.45) is 0 Å². The molecule has 0 amide bonds. The van der Waals surface area contributed by atoms with E-state index in [4.69, 9.17) is 0 Å². The molecule has 0 aliphatic rings. The number of allylic oxidation sites excluding steroid dienone is 1. The van der Waals surface area contributed by atoms with E-state index in [-0.39, 0.29) is 5.78 Å². The Morgan fingerprint density at radius 2 is 1.42 bits per heavy atom. The van der Waals surface area contributed by atoms with Gasteiger partial charge in [-0.1, -0.05) is 36.4 Å². The number of nitrogens with zero attached hydrogens (tertiary/aromatic N) is 1. The highest BCUT2D eigenvalue weighted by atomic mass is 16.1. The molecule has 3 aromatic carbocycles. The number of para-hydroxylation sites is 1. The first-order chi connectivity index (χ1) is 12.6. The van der Waals surface area contributed by atoms with E-state index in [9.17, 15) is 4.79 Å². The first-order valence-electron chi connectivity index (χ1n) is 8.54. The zero-order chi connectivity index (χ0) is 18.4. The van der Waals surface area contributed by atoms with Crippen LogP contribution in [0.3, 0.4) is 0 Å². The van der Waals surface area contributed by atoms with Gasteiger partial charge in [0.15, 0.2) is 5.78 Å². The molecule has 3 heteroatoms. The van der Waals surface area contributed by atoms with Gasteiger partial charge in [-0.25, -0.2) is 0 Å². The van der Waals surface area contributed by atoms with Gasteiger partial charge in [0.2, 0.25) is 0 Å². The topological polar surface area (TPSA) is 32.3 Å². The largest absolute Gasteiger partial charge is 0.378 e. The predicted octanol–water partition coefficient (Wildman–Crippen LogP) is 5.39. The lowest BCUT2D eigenvalue weighted by molar-refractivity contribution is 0.104. The summed E-state index contributed by atoms with van der Waals surface area (Å²) in [4.78, 5) is 14.4. The normalized spacial score (nSPS) is 10.7. The highest BCUT2D eigenvalue weighted by molar-refractivity contribution is 6.07. The van der Waals surface area contributed by atoms with Crippen molar-refractivity contribution < 1.29 is 4.79 Å². The third kappa shape index (κ3) is 4.61. The molecule has 0 saturated carbocycles. The molecule has 0 saturated heterocycles. The first kappa shape index (κ1) is 17.5. The Kier molecular flexibility index (Phi) is 5.49. The Morgan fingerprint density at radius 1 is 0.808 bits per heavy atom. The summed E-state index contributed by atoms with van der Waals surface area (Å²) >= 11 is 0. The second-order valence-corrected chi connectivity index (χ2v) is 6.25. The van der Waals surface area contributed by atoms with Crippen LogP contribution < -0.4 is 10.2 Å². The summed E-state index contributed by atoms with van der Waals surface area (Å²) in [5.74, 6) is -0.00653. The number of anilines is 3. The maximum atomic E-state index is 12.3. The lowest BCUT2D eigenvalue weighted by atomic mass is 10.1. The third-order valence-electron chi connectivity index (χ3n) is 4.07. The van der Waals surface area contributed by atoms with Gasteiger partial charge in [0, 0.05) is 36.7 Å². The maximum Gasteiger partial charge on any atom is 0.185 e. The molecule has 1 N–H and O–H groups in total. The number of ketones is 1. The Bertz CT molecular complexity index is 880. The molecular weight excluding hydrogens is 320 g/mol. The molecule has 0 bridgehead atoms. The van der Waals surface area contributed by atoms with Gasteiger partial charge in [0.25, 0.3) is 0 Å². The van der Waals surface area contributed by atoms with Crippen molar-refractivity contribution in [3.05, 3.63) is 96.1 Å². The molecule has 0 spiro atoms. The fraction of sp³-hybridized carbons (Fsp3) is 0.0870. The Labute approximate surface area is 154 Å². The minimum Gasteiger partial charge on any atom is -0.378 e. The second-order valence-electron chi connectivity index (χ2n) is 6.25. The van der Waals surface area contributed by atoms with E-state index < -0.39 is 0 Å². The summed E-state index contributed by atoms with van der Waals surface area (Å²) in [5, 5.41) is 3.31. The molecule has 3 aromatic rings. The van der Waals surface area contributed by atoms with Crippen LogP contribution in [0.5, 0.6) is 0 Å². The van der Waals surface area contributed by atoms with Gasteiger partial charge in [-0.3, -0.25) is 4.79 Å². The summed E-state index contributed by atoms with van der Waals surface area (Å²) in [5.41, 5.74) is 4.79. The molecule has 0 aromatic heterocycles. The van der Waals surface area contributed by atoms with Crippen LogP contribution in [0.25, 0.3) is 6.08 Å². The molecule has 0 radical (unpaired) electrons. The molecule has 3 nitrogen and oxygen atoms in total. The zero-order valence-electron chi connectivity index (χ0n) is 15.0. The van der Waals surface area contributed by atoms with E-state index in [1.54, 1.807) is 6.08 Å². The molecule has 0 aliphatic heterocycles. The zero-order valence-corrected chi connectivity index (χ0v) is 15.0. The lowest BCUT2D eigenvalue weighted by Crippen LogP contribution is -2.07. The van der Waals surface area contributed by atoms with E-state index in [1.807, 2.05) is 104 Å². The SMILES string of the molecule is CN(C)c1ccc(C=CC(=O)c2ccc(Nc3ccccc3)cc2)cc1. The number of carbonyl (C=O) groups excluding carboxylic acids is 1. The number of hydrogen-bond donors (Lipinski definition) is 1. The van der Waals surface area contributed by atoms with Crippen molar-refractivity contribution in [3.63, 3.8) is 0 Å².